The van der Waals surface area contributed by atoms with Crippen molar-refractivity contribution in [1.29, 1.82) is 0 Å². The van der Waals surface area contributed by atoms with Gasteiger partial charge in [0.1, 0.15) is 4.90 Å². The minimum Gasteiger partial charge on any atom is -0.381 e. The van der Waals surface area contributed by atoms with E-state index in [0.717, 1.165) is 25.3 Å². The van der Waals surface area contributed by atoms with E-state index in [-0.39, 0.29) is 22.3 Å². The fraction of sp³-hybridized carbons (Fsp3) is 0.500. The molecule has 0 amide bonds. The Bertz CT molecular complexity index is 630. The Kier molecular flexibility index (Phi) is 3.96. The summed E-state index contributed by atoms with van der Waals surface area (Å²) in [5, 5.41) is 19.0. The molecule has 0 aliphatic heterocycles. The number of nitro benzene ring substituents is 1. The molecule has 2 unspecified atom stereocenters. The quantitative estimate of drug-likeness (QED) is 0.614. The predicted molar refractivity (Wildman–Crippen MR) is 74.9 cm³/mol. The summed E-state index contributed by atoms with van der Waals surface area (Å²) in [5.74, 6) is 0.493. The number of anilines is 1. The van der Waals surface area contributed by atoms with Gasteiger partial charge in [-0.25, -0.2) is 13.6 Å². The maximum Gasteiger partial charge on any atom is 0.271 e. The van der Waals surface area contributed by atoms with Crippen LogP contribution in [-0.2, 0) is 10.0 Å². The van der Waals surface area contributed by atoms with Gasteiger partial charge in [-0.15, -0.1) is 0 Å². The van der Waals surface area contributed by atoms with Crippen molar-refractivity contribution >= 4 is 21.4 Å². The van der Waals surface area contributed by atoms with Crippen LogP contribution >= 0.6 is 0 Å². The van der Waals surface area contributed by atoms with Gasteiger partial charge in [-0.1, -0.05) is 13.3 Å². The molecule has 1 saturated carbocycles. The van der Waals surface area contributed by atoms with Crippen molar-refractivity contribution < 1.29 is 13.3 Å². The van der Waals surface area contributed by atoms with Gasteiger partial charge in [-0.3, -0.25) is 10.1 Å². The Morgan fingerprint density at radius 3 is 2.75 bits per heavy atom. The van der Waals surface area contributed by atoms with Crippen LogP contribution in [0.4, 0.5) is 11.4 Å². The monoisotopic (exact) mass is 299 g/mol. The smallest absolute Gasteiger partial charge is 0.271 e. The van der Waals surface area contributed by atoms with Crippen molar-refractivity contribution in [2.45, 2.75) is 37.1 Å². The van der Waals surface area contributed by atoms with E-state index >= 15 is 0 Å². The number of nitro groups is 1. The Hall–Kier alpha value is -1.67. The van der Waals surface area contributed by atoms with E-state index in [1.165, 1.54) is 12.1 Å². The zero-order valence-corrected chi connectivity index (χ0v) is 11.9. The number of benzene rings is 1. The molecule has 1 aliphatic rings. The minimum atomic E-state index is -3.91. The molecule has 1 aromatic rings. The van der Waals surface area contributed by atoms with Crippen LogP contribution in [0.25, 0.3) is 0 Å². The van der Waals surface area contributed by atoms with E-state index < -0.39 is 14.9 Å². The van der Waals surface area contributed by atoms with Crippen molar-refractivity contribution in [3.63, 3.8) is 0 Å². The molecule has 0 radical (unpaired) electrons. The van der Waals surface area contributed by atoms with Crippen molar-refractivity contribution in [2.24, 2.45) is 11.1 Å². The van der Waals surface area contributed by atoms with Crippen molar-refractivity contribution in [1.82, 2.24) is 0 Å². The number of sulfonamides is 1. The van der Waals surface area contributed by atoms with Gasteiger partial charge in [0.25, 0.3) is 5.69 Å². The minimum absolute atomic E-state index is 0.106. The number of hydrogen-bond acceptors (Lipinski definition) is 5. The number of rotatable bonds is 6. The molecule has 2 atom stereocenters. The normalized spacial score (nSPS) is 21.5. The number of nitrogens with one attached hydrogen (secondary N) is 1. The number of nitrogens with two attached hydrogens (primary N) is 1. The van der Waals surface area contributed by atoms with Crippen LogP contribution in [0.2, 0.25) is 0 Å². The van der Waals surface area contributed by atoms with Crippen LogP contribution in [0.3, 0.4) is 0 Å². The van der Waals surface area contributed by atoms with Crippen LogP contribution in [0.1, 0.15) is 26.2 Å². The fourth-order valence-electron chi connectivity index (χ4n) is 2.31. The highest BCUT2D eigenvalue weighted by molar-refractivity contribution is 7.89. The predicted octanol–water partition coefficient (Wildman–Crippen LogP) is 1.84. The third-order valence-corrected chi connectivity index (χ3v) is 4.37. The highest BCUT2D eigenvalue weighted by atomic mass is 32.2. The second-order valence-corrected chi connectivity index (χ2v) is 6.55. The van der Waals surface area contributed by atoms with E-state index in [2.05, 4.69) is 12.2 Å². The van der Waals surface area contributed by atoms with Crippen LogP contribution in [0.15, 0.2) is 23.1 Å². The average Bonchev–Trinajstić information content (AvgIpc) is 3.06. The average molecular weight is 299 g/mol. The lowest BCUT2D eigenvalue weighted by molar-refractivity contribution is -0.384. The molecule has 1 aliphatic carbocycles. The van der Waals surface area contributed by atoms with E-state index in [1.54, 1.807) is 0 Å². The van der Waals surface area contributed by atoms with Crippen molar-refractivity contribution in [3.8, 4) is 0 Å². The lowest BCUT2D eigenvalue weighted by Crippen LogP contribution is -2.16. The molecular formula is C12H17N3O4S. The molecule has 0 spiro atoms. The van der Waals surface area contributed by atoms with Gasteiger partial charge in [-0.2, -0.15) is 0 Å². The summed E-state index contributed by atoms with van der Waals surface area (Å²) in [6, 6.07) is 3.70. The summed E-state index contributed by atoms with van der Waals surface area (Å²) in [4.78, 5) is 10.1. The topological polar surface area (TPSA) is 115 Å². The maximum atomic E-state index is 11.5. The SMILES string of the molecule is CCCC1CC1Nc1cc([N+](=O)[O-])ccc1S(N)(=O)=O. The van der Waals surface area contributed by atoms with Crippen LogP contribution in [0, 0.1) is 16.0 Å². The van der Waals surface area contributed by atoms with Gasteiger partial charge in [0.2, 0.25) is 10.0 Å². The molecule has 20 heavy (non-hydrogen) atoms. The standard InChI is InChI=1S/C12H17N3O4S/c1-2-3-8-6-10(8)14-11-7-9(15(16)17)4-5-12(11)20(13,18)19/h4-5,7-8,10,14H,2-3,6H2,1H3,(H2,13,18,19). The summed E-state index contributed by atoms with van der Waals surface area (Å²) >= 11 is 0. The lowest BCUT2D eigenvalue weighted by Gasteiger charge is -2.10. The summed E-state index contributed by atoms with van der Waals surface area (Å²) in [6.07, 6.45) is 3.05. The molecule has 0 saturated heterocycles. The molecular weight excluding hydrogens is 282 g/mol. The van der Waals surface area contributed by atoms with Gasteiger partial charge >= 0.3 is 0 Å². The molecule has 8 heteroatoms. The second kappa shape index (κ2) is 5.37. The number of non-ortho nitro benzene ring substituents is 1. The molecule has 0 bridgehead atoms. The van der Waals surface area contributed by atoms with Crippen LogP contribution in [0.5, 0.6) is 0 Å². The van der Waals surface area contributed by atoms with Gasteiger partial charge in [0.05, 0.1) is 10.6 Å². The van der Waals surface area contributed by atoms with Crippen LogP contribution in [-0.4, -0.2) is 19.4 Å². The Morgan fingerprint density at radius 1 is 1.50 bits per heavy atom. The van der Waals surface area contributed by atoms with Gasteiger partial charge in [0, 0.05) is 18.2 Å². The molecule has 1 aromatic carbocycles. The zero-order valence-electron chi connectivity index (χ0n) is 11.1. The molecule has 1 fully saturated rings. The molecule has 2 rings (SSSR count). The van der Waals surface area contributed by atoms with Crippen molar-refractivity contribution in [2.75, 3.05) is 5.32 Å². The fourth-order valence-corrected chi connectivity index (χ4v) is 2.99. The lowest BCUT2D eigenvalue weighted by atomic mass is 10.2. The molecule has 7 nitrogen and oxygen atoms in total. The molecule has 0 heterocycles. The first-order valence-corrected chi connectivity index (χ1v) is 7.95. The Morgan fingerprint density at radius 2 is 2.20 bits per heavy atom. The summed E-state index contributed by atoms with van der Waals surface area (Å²) < 4.78 is 23.0. The second-order valence-electron chi connectivity index (χ2n) is 5.02. The molecule has 3 N–H and O–H groups in total. The van der Waals surface area contributed by atoms with E-state index in [9.17, 15) is 18.5 Å². The van der Waals surface area contributed by atoms with E-state index in [1.807, 2.05) is 0 Å². The maximum absolute atomic E-state index is 11.5. The van der Waals surface area contributed by atoms with Gasteiger partial charge in [0.15, 0.2) is 0 Å². The first-order chi connectivity index (χ1) is 9.32. The van der Waals surface area contributed by atoms with Gasteiger partial charge < -0.3 is 5.32 Å². The summed E-state index contributed by atoms with van der Waals surface area (Å²) in [6.45, 7) is 2.08. The third-order valence-electron chi connectivity index (χ3n) is 3.40. The first kappa shape index (κ1) is 14.7. The van der Waals surface area contributed by atoms with Crippen molar-refractivity contribution in [3.05, 3.63) is 28.3 Å². The Labute approximate surface area is 117 Å². The Balaban J connectivity index is 2.28. The molecule has 0 aromatic heterocycles. The van der Waals surface area contributed by atoms with E-state index in [4.69, 9.17) is 5.14 Å². The van der Waals surface area contributed by atoms with Gasteiger partial charge in [-0.05, 0) is 24.8 Å². The van der Waals surface area contributed by atoms with Crippen LogP contribution < -0.4 is 10.5 Å². The zero-order chi connectivity index (χ0) is 14.9. The highest BCUT2D eigenvalue weighted by Gasteiger charge is 2.37. The largest absolute Gasteiger partial charge is 0.381 e. The number of nitrogens with zero attached hydrogens (tertiary/aromatic N) is 1. The summed E-state index contributed by atoms with van der Waals surface area (Å²) in [5.41, 5.74) is 0.0536. The first-order valence-electron chi connectivity index (χ1n) is 6.40. The summed E-state index contributed by atoms with van der Waals surface area (Å²) in [7, 11) is -3.91. The number of hydrogen-bond donors (Lipinski definition) is 2. The highest BCUT2D eigenvalue weighted by Crippen LogP contribution is 2.39. The van der Waals surface area contributed by atoms with E-state index in [0.29, 0.717) is 5.92 Å². The molecule has 110 valence electrons. The third kappa shape index (κ3) is 3.26. The number of primary sulfonamides is 1.